The van der Waals surface area contributed by atoms with Crippen molar-refractivity contribution in [1.29, 1.82) is 0 Å². The van der Waals surface area contributed by atoms with E-state index in [1.54, 1.807) is 57.4 Å². The fourth-order valence-corrected chi connectivity index (χ4v) is 5.66. The number of fused-ring (bicyclic) bond motifs is 1. The lowest BCUT2D eigenvalue weighted by atomic mass is 10.2. The quantitative estimate of drug-likeness (QED) is 0.455. The molecule has 0 aliphatic heterocycles. The number of aryl methyl sites for hydroxylation is 3. The van der Waals surface area contributed by atoms with Gasteiger partial charge in [-0.15, -0.1) is 0 Å². The van der Waals surface area contributed by atoms with Gasteiger partial charge in [-0.25, -0.2) is 22.4 Å². The molecule has 0 fully saturated rings. The standard InChI is InChI=1S/C20H17BrN4O3S/c1-12-6-4-5-7-18(12)29(27,28)25-17(16-8-13(2)22-11-23-16)9-14-15(21)10-24(3)20(26)19(14)25/h4-11H,1-3H3. The minimum Gasteiger partial charge on any atom is -0.316 e. The van der Waals surface area contributed by atoms with Crippen LogP contribution < -0.4 is 5.56 Å². The molecule has 0 spiro atoms. The van der Waals surface area contributed by atoms with Gasteiger partial charge in [0, 0.05) is 28.8 Å². The summed E-state index contributed by atoms with van der Waals surface area (Å²) in [5, 5.41) is 0.497. The lowest BCUT2D eigenvalue weighted by Gasteiger charge is -2.13. The van der Waals surface area contributed by atoms with E-state index in [1.165, 1.54) is 17.0 Å². The molecule has 4 rings (SSSR count). The van der Waals surface area contributed by atoms with Gasteiger partial charge in [0.25, 0.3) is 15.6 Å². The van der Waals surface area contributed by atoms with Crippen molar-refractivity contribution < 1.29 is 8.42 Å². The highest BCUT2D eigenvalue weighted by molar-refractivity contribution is 9.10. The summed E-state index contributed by atoms with van der Waals surface area (Å²) >= 11 is 3.45. The smallest absolute Gasteiger partial charge is 0.275 e. The molecular weight excluding hydrogens is 456 g/mol. The molecule has 29 heavy (non-hydrogen) atoms. The number of hydrogen-bond acceptors (Lipinski definition) is 5. The monoisotopic (exact) mass is 472 g/mol. The Morgan fingerprint density at radius 1 is 1.07 bits per heavy atom. The molecule has 7 nitrogen and oxygen atoms in total. The molecule has 0 N–H and O–H groups in total. The summed E-state index contributed by atoms with van der Waals surface area (Å²) in [4.78, 5) is 21.5. The maximum atomic E-state index is 13.7. The third-order valence-electron chi connectivity index (χ3n) is 4.72. The molecule has 0 saturated carbocycles. The van der Waals surface area contributed by atoms with Gasteiger partial charge in [-0.1, -0.05) is 18.2 Å². The van der Waals surface area contributed by atoms with Crippen LogP contribution in [0.4, 0.5) is 0 Å². The Bertz CT molecular complexity index is 1440. The van der Waals surface area contributed by atoms with Crippen molar-refractivity contribution in [3.05, 3.63) is 75.0 Å². The first kappa shape index (κ1) is 19.5. The number of benzene rings is 1. The Hall–Kier alpha value is -2.78. The Morgan fingerprint density at radius 2 is 1.79 bits per heavy atom. The molecule has 4 aromatic rings. The Labute approximate surface area is 175 Å². The van der Waals surface area contributed by atoms with Crippen LogP contribution in [-0.2, 0) is 17.1 Å². The van der Waals surface area contributed by atoms with E-state index in [0.717, 1.165) is 3.97 Å². The minimum atomic E-state index is -4.08. The zero-order valence-electron chi connectivity index (χ0n) is 15.9. The van der Waals surface area contributed by atoms with Gasteiger partial charge >= 0.3 is 0 Å². The summed E-state index contributed by atoms with van der Waals surface area (Å²) in [5.41, 5.74) is 1.64. The average Bonchev–Trinajstić information content (AvgIpc) is 3.09. The fraction of sp³-hybridized carbons (Fsp3) is 0.150. The summed E-state index contributed by atoms with van der Waals surface area (Å²) in [7, 11) is -2.50. The van der Waals surface area contributed by atoms with Gasteiger partial charge in [-0.05, 0) is 53.5 Å². The van der Waals surface area contributed by atoms with Crippen LogP contribution in [0.2, 0.25) is 0 Å². The van der Waals surface area contributed by atoms with Crippen LogP contribution in [0.25, 0.3) is 22.3 Å². The van der Waals surface area contributed by atoms with E-state index >= 15 is 0 Å². The number of aromatic nitrogens is 4. The lowest BCUT2D eigenvalue weighted by Crippen LogP contribution is -2.23. The van der Waals surface area contributed by atoms with Gasteiger partial charge in [-0.3, -0.25) is 4.79 Å². The zero-order chi connectivity index (χ0) is 20.9. The van der Waals surface area contributed by atoms with Crippen molar-refractivity contribution in [3.8, 4) is 11.4 Å². The third-order valence-corrected chi connectivity index (χ3v) is 7.23. The van der Waals surface area contributed by atoms with Crippen molar-refractivity contribution in [2.75, 3.05) is 0 Å². The molecule has 0 atom stereocenters. The molecule has 0 aliphatic carbocycles. The predicted octanol–water partition coefficient (Wildman–Crippen LogP) is 3.41. The second-order valence-corrected chi connectivity index (χ2v) is 9.37. The summed E-state index contributed by atoms with van der Waals surface area (Å²) in [6.45, 7) is 3.52. The summed E-state index contributed by atoms with van der Waals surface area (Å²) in [6.07, 6.45) is 2.99. The molecular formula is C20H17BrN4O3S. The second-order valence-electron chi connectivity index (χ2n) is 6.76. The van der Waals surface area contributed by atoms with Gasteiger partial charge in [0.1, 0.15) is 11.8 Å². The van der Waals surface area contributed by atoms with Crippen molar-refractivity contribution in [3.63, 3.8) is 0 Å². The topological polar surface area (TPSA) is 86.9 Å². The van der Waals surface area contributed by atoms with Gasteiger partial charge < -0.3 is 4.57 Å². The first-order chi connectivity index (χ1) is 13.7. The van der Waals surface area contributed by atoms with Crippen LogP contribution >= 0.6 is 15.9 Å². The van der Waals surface area contributed by atoms with Crippen LogP contribution in [0.5, 0.6) is 0 Å². The second kappa shape index (κ2) is 6.93. The van der Waals surface area contributed by atoms with Gasteiger partial charge in [0.05, 0.1) is 16.3 Å². The van der Waals surface area contributed by atoms with Crippen LogP contribution in [0.3, 0.4) is 0 Å². The highest BCUT2D eigenvalue weighted by Crippen LogP contribution is 2.33. The molecule has 1 aromatic carbocycles. The third kappa shape index (κ3) is 3.10. The maximum Gasteiger partial charge on any atom is 0.275 e. The summed E-state index contributed by atoms with van der Waals surface area (Å²) in [5.74, 6) is 0. The summed E-state index contributed by atoms with van der Waals surface area (Å²) < 4.78 is 30.5. The van der Waals surface area contributed by atoms with E-state index in [-0.39, 0.29) is 10.4 Å². The number of pyridine rings is 1. The Kier molecular flexibility index (Phi) is 4.66. The van der Waals surface area contributed by atoms with Crippen molar-refractivity contribution >= 4 is 36.9 Å². The molecule has 0 aliphatic rings. The fourth-order valence-electron chi connectivity index (χ4n) is 3.31. The Morgan fingerprint density at radius 3 is 2.48 bits per heavy atom. The van der Waals surface area contributed by atoms with E-state index in [0.29, 0.717) is 32.5 Å². The minimum absolute atomic E-state index is 0.0661. The molecule has 0 bridgehead atoms. The maximum absolute atomic E-state index is 13.7. The first-order valence-electron chi connectivity index (χ1n) is 8.72. The predicted molar refractivity (Wildman–Crippen MR) is 114 cm³/mol. The normalized spacial score (nSPS) is 11.9. The zero-order valence-corrected chi connectivity index (χ0v) is 18.3. The van der Waals surface area contributed by atoms with Crippen LogP contribution in [0.15, 0.2) is 63.1 Å². The highest BCUT2D eigenvalue weighted by atomic mass is 79.9. The highest BCUT2D eigenvalue weighted by Gasteiger charge is 2.28. The molecule has 3 heterocycles. The first-order valence-corrected chi connectivity index (χ1v) is 11.0. The molecule has 0 radical (unpaired) electrons. The van der Waals surface area contributed by atoms with E-state index in [2.05, 4.69) is 25.9 Å². The molecule has 0 amide bonds. The Balaban J connectivity index is 2.21. The number of nitrogens with zero attached hydrogens (tertiary/aromatic N) is 4. The SMILES string of the molecule is Cc1cc(-c2cc3c(Br)cn(C)c(=O)c3n2S(=O)(=O)c2ccccc2C)ncn1. The van der Waals surface area contributed by atoms with E-state index < -0.39 is 15.6 Å². The van der Waals surface area contributed by atoms with E-state index in [1.807, 2.05) is 0 Å². The number of rotatable bonds is 3. The van der Waals surface area contributed by atoms with E-state index in [4.69, 9.17) is 0 Å². The molecule has 0 saturated heterocycles. The van der Waals surface area contributed by atoms with Gasteiger partial charge in [-0.2, -0.15) is 0 Å². The van der Waals surface area contributed by atoms with Gasteiger partial charge in [0.15, 0.2) is 0 Å². The molecule has 3 aromatic heterocycles. The van der Waals surface area contributed by atoms with Crippen LogP contribution in [0.1, 0.15) is 11.3 Å². The molecule has 9 heteroatoms. The van der Waals surface area contributed by atoms with Gasteiger partial charge in [0.2, 0.25) is 0 Å². The molecule has 0 unspecified atom stereocenters. The number of halogens is 1. The van der Waals surface area contributed by atoms with Crippen molar-refractivity contribution in [2.45, 2.75) is 18.7 Å². The van der Waals surface area contributed by atoms with Crippen LogP contribution in [-0.4, -0.2) is 26.9 Å². The van der Waals surface area contributed by atoms with Crippen molar-refractivity contribution in [2.24, 2.45) is 7.05 Å². The lowest BCUT2D eigenvalue weighted by molar-refractivity contribution is 0.588. The summed E-state index contributed by atoms with van der Waals surface area (Å²) in [6, 6.07) is 10.0. The number of hydrogen-bond donors (Lipinski definition) is 0. The van der Waals surface area contributed by atoms with Crippen molar-refractivity contribution in [1.82, 2.24) is 18.5 Å². The molecule has 148 valence electrons. The van der Waals surface area contributed by atoms with Crippen LogP contribution in [0, 0.1) is 13.8 Å². The largest absolute Gasteiger partial charge is 0.316 e. The van der Waals surface area contributed by atoms with E-state index in [9.17, 15) is 13.2 Å². The average molecular weight is 473 g/mol.